The summed E-state index contributed by atoms with van der Waals surface area (Å²) in [5.74, 6) is 0. The van der Waals surface area contributed by atoms with Crippen molar-refractivity contribution in [1.82, 2.24) is 0 Å². The van der Waals surface area contributed by atoms with Crippen LogP contribution in [0.4, 0.5) is 0 Å². The molecule has 0 unspecified atom stereocenters. The fourth-order valence-corrected chi connectivity index (χ4v) is 5.27. The fourth-order valence-electron chi connectivity index (χ4n) is 5.27. The van der Waals surface area contributed by atoms with Crippen LogP contribution in [0.1, 0.15) is 22.3 Å². The summed E-state index contributed by atoms with van der Waals surface area (Å²) in [5, 5.41) is 5.11. The zero-order valence-electron chi connectivity index (χ0n) is 21.7. The van der Waals surface area contributed by atoms with Gasteiger partial charge in [-0.1, -0.05) is 121 Å². The van der Waals surface area contributed by atoms with Gasteiger partial charge in [-0.05, 0) is 85.6 Å². The van der Waals surface area contributed by atoms with Crippen molar-refractivity contribution in [3.8, 4) is 11.1 Å². The Morgan fingerprint density at radius 2 is 1.18 bits per heavy atom. The number of benzene rings is 6. The second kappa shape index (κ2) is 10.3. The molecule has 0 amide bonds. The third kappa shape index (κ3) is 4.67. The van der Waals surface area contributed by atoms with E-state index in [0.717, 1.165) is 16.8 Å². The molecule has 0 saturated carbocycles. The topological polar surface area (TPSA) is 12.4 Å². The van der Waals surface area contributed by atoms with E-state index in [2.05, 4.69) is 145 Å². The van der Waals surface area contributed by atoms with Gasteiger partial charge in [-0.3, -0.25) is 4.99 Å². The number of hydrogen-bond donors (Lipinski definition) is 0. The molecule has 0 fully saturated rings. The summed E-state index contributed by atoms with van der Waals surface area (Å²) in [6.45, 7) is 2.18. The van der Waals surface area contributed by atoms with Crippen LogP contribution in [0.3, 0.4) is 0 Å². The second-order valence-electron chi connectivity index (χ2n) is 9.71. The molecule has 0 aliphatic heterocycles. The van der Waals surface area contributed by atoms with Crippen molar-refractivity contribution >= 4 is 32.8 Å². The average Bonchev–Trinajstić information content (AvgIpc) is 2.98. The molecule has 6 aromatic carbocycles. The van der Waals surface area contributed by atoms with Gasteiger partial charge in [0.25, 0.3) is 0 Å². The Bertz CT molecular complexity index is 1810. The van der Waals surface area contributed by atoms with E-state index < -0.39 is 0 Å². The number of fused-ring (bicyclic) bond motifs is 3. The quantitative estimate of drug-likeness (QED) is 0.170. The summed E-state index contributed by atoms with van der Waals surface area (Å²) in [6, 6.07) is 47.7. The minimum atomic E-state index is 0.963. The van der Waals surface area contributed by atoms with Gasteiger partial charge in [-0.15, -0.1) is 0 Å². The van der Waals surface area contributed by atoms with Crippen LogP contribution in [0.2, 0.25) is 0 Å². The van der Waals surface area contributed by atoms with Gasteiger partial charge < -0.3 is 0 Å². The molecule has 0 aromatic heterocycles. The third-order valence-electron chi connectivity index (χ3n) is 7.14. The van der Waals surface area contributed by atoms with Gasteiger partial charge in [-0.25, -0.2) is 0 Å². The first-order valence-corrected chi connectivity index (χ1v) is 13.0. The first-order valence-electron chi connectivity index (χ1n) is 13.0. The molecule has 0 heterocycles. The highest BCUT2D eigenvalue weighted by molar-refractivity contribution is 6.14. The van der Waals surface area contributed by atoms with Crippen LogP contribution in [0.5, 0.6) is 0 Å². The van der Waals surface area contributed by atoms with Crippen molar-refractivity contribution in [2.24, 2.45) is 4.99 Å². The predicted octanol–water partition coefficient (Wildman–Crippen LogP) is 9.52. The normalized spacial score (nSPS) is 12.3. The molecule has 182 valence electrons. The van der Waals surface area contributed by atoms with Crippen LogP contribution in [0, 0.1) is 6.92 Å². The van der Waals surface area contributed by atoms with E-state index in [1.165, 1.54) is 49.4 Å². The largest absolute Gasteiger partial charge is 0.288 e. The molecule has 6 aromatic rings. The highest BCUT2D eigenvalue weighted by Crippen LogP contribution is 2.33. The molecule has 38 heavy (non-hydrogen) atoms. The number of allylic oxidation sites excluding steroid dienone is 1. The Kier molecular flexibility index (Phi) is 6.42. The maximum absolute atomic E-state index is 4.65. The number of aryl methyl sites for hydroxylation is 1. The average molecular weight is 488 g/mol. The van der Waals surface area contributed by atoms with Gasteiger partial charge in [0, 0.05) is 7.05 Å². The Morgan fingerprint density at radius 3 is 1.95 bits per heavy atom. The lowest BCUT2D eigenvalue weighted by molar-refractivity contribution is 1.42. The molecule has 0 saturated heterocycles. The second-order valence-corrected chi connectivity index (χ2v) is 9.71. The van der Waals surface area contributed by atoms with E-state index in [-0.39, 0.29) is 0 Å². The van der Waals surface area contributed by atoms with Crippen molar-refractivity contribution in [3.05, 3.63) is 162 Å². The van der Waals surface area contributed by atoms with E-state index in [0.29, 0.717) is 0 Å². The van der Waals surface area contributed by atoms with Crippen molar-refractivity contribution in [3.63, 3.8) is 0 Å². The van der Waals surface area contributed by atoms with E-state index in [4.69, 9.17) is 0 Å². The number of rotatable bonds is 5. The van der Waals surface area contributed by atoms with Crippen LogP contribution < -0.4 is 0 Å². The highest BCUT2D eigenvalue weighted by atomic mass is 14.7. The van der Waals surface area contributed by atoms with Crippen molar-refractivity contribution < 1.29 is 0 Å². The number of nitrogens with zero attached hydrogens (tertiary/aromatic N) is 1. The monoisotopic (exact) mass is 487 g/mol. The summed E-state index contributed by atoms with van der Waals surface area (Å²) in [5.41, 5.74) is 9.25. The van der Waals surface area contributed by atoms with E-state index in [1.54, 1.807) is 0 Å². The minimum absolute atomic E-state index is 0.963. The number of aliphatic imine (C=N–C) groups is 1. The summed E-state index contributed by atoms with van der Waals surface area (Å²) in [7, 11) is 1.86. The van der Waals surface area contributed by atoms with Gasteiger partial charge in [0.2, 0.25) is 0 Å². The lowest BCUT2D eigenvalue weighted by Gasteiger charge is -2.14. The van der Waals surface area contributed by atoms with Gasteiger partial charge in [0.1, 0.15) is 0 Å². The molecular formula is C37H29N. The van der Waals surface area contributed by atoms with Crippen LogP contribution in [0.15, 0.2) is 145 Å². The van der Waals surface area contributed by atoms with Gasteiger partial charge in [-0.2, -0.15) is 0 Å². The summed E-state index contributed by atoms with van der Waals surface area (Å²) >= 11 is 0. The third-order valence-corrected chi connectivity index (χ3v) is 7.14. The van der Waals surface area contributed by atoms with Gasteiger partial charge in [0.05, 0.1) is 5.71 Å². The Balaban J connectivity index is 1.50. The molecular weight excluding hydrogens is 458 g/mol. The summed E-state index contributed by atoms with van der Waals surface area (Å²) in [6.07, 6.45) is 2.22. The molecule has 0 bridgehead atoms. The van der Waals surface area contributed by atoms with Gasteiger partial charge >= 0.3 is 0 Å². The predicted molar refractivity (Wildman–Crippen MR) is 164 cm³/mol. The highest BCUT2D eigenvalue weighted by Gasteiger charge is 2.12. The van der Waals surface area contributed by atoms with E-state index >= 15 is 0 Å². The Morgan fingerprint density at radius 1 is 0.526 bits per heavy atom. The van der Waals surface area contributed by atoms with Gasteiger partial charge in [0.15, 0.2) is 0 Å². The van der Waals surface area contributed by atoms with E-state index in [9.17, 15) is 0 Å². The summed E-state index contributed by atoms with van der Waals surface area (Å²) in [4.78, 5) is 4.65. The zero-order chi connectivity index (χ0) is 25.9. The fraction of sp³-hybridized carbons (Fsp3) is 0.0541. The van der Waals surface area contributed by atoms with Crippen molar-refractivity contribution in [2.75, 3.05) is 7.05 Å². The van der Waals surface area contributed by atoms with Crippen LogP contribution >= 0.6 is 0 Å². The molecule has 0 aliphatic rings. The molecule has 0 aliphatic carbocycles. The summed E-state index contributed by atoms with van der Waals surface area (Å²) < 4.78 is 0. The van der Waals surface area contributed by atoms with E-state index in [1.807, 2.05) is 13.1 Å². The Labute approximate surface area is 224 Å². The molecule has 0 spiro atoms. The molecule has 1 heteroatoms. The standard InChI is InChI=1S/C37H29N/c1-26-21-32(30-19-20-35-31(23-30)18-17-28-13-9-10-16-34(28)35)24-33(22-26)36(27-11-5-3-6-12-27)25-37(38-2)29-14-7-4-8-15-29/h3-25H,1-2H3/b36-25-,38-37?. The maximum atomic E-state index is 4.65. The molecule has 0 N–H and O–H groups in total. The first kappa shape index (κ1) is 23.6. The van der Waals surface area contributed by atoms with Crippen LogP contribution in [-0.2, 0) is 0 Å². The lowest BCUT2D eigenvalue weighted by Crippen LogP contribution is -2.00. The van der Waals surface area contributed by atoms with Crippen LogP contribution in [-0.4, -0.2) is 12.8 Å². The lowest BCUT2D eigenvalue weighted by atomic mass is 9.90. The van der Waals surface area contributed by atoms with Crippen molar-refractivity contribution in [2.45, 2.75) is 6.92 Å². The Hall–Kier alpha value is -4.75. The maximum Gasteiger partial charge on any atom is 0.0649 e. The molecule has 0 atom stereocenters. The molecule has 1 nitrogen and oxygen atoms in total. The zero-order valence-corrected chi connectivity index (χ0v) is 21.7. The first-order chi connectivity index (χ1) is 18.7. The SMILES string of the molecule is CN=C(/C=C(/c1ccccc1)c1cc(C)cc(-c2ccc3c(ccc4ccccc43)c2)c1)c1ccccc1. The molecule has 0 radical (unpaired) electrons. The molecule has 6 rings (SSSR count). The van der Waals surface area contributed by atoms with Crippen molar-refractivity contribution in [1.29, 1.82) is 0 Å². The smallest absolute Gasteiger partial charge is 0.0649 e. The van der Waals surface area contributed by atoms with Crippen LogP contribution in [0.25, 0.3) is 38.2 Å². The minimum Gasteiger partial charge on any atom is -0.288 e. The number of hydrogen-bond acceptors (Lipinski definition) is 1.